The Balaban J connectivity index is 1.65. The second-order valence-electron chi connectivity index (χ2n) is 7.02. The predicted octanol–water partition coefficient (Wildman–Crippen LogP) is 4.76. The number of hydrogen-bond acceptors (Lipinski definition) is 3. The van der Waals surface area contributed by atoms with E-state index in [1.54, 1.807) is 48.5 Å². The van der Waals surface area contributed by atoms with Crippen LogP contribution in [0.5, 0.6) is 5.75 Å². The Morgan fingerprint density at radius 1 is 1.07 bits per heavy atom. The van der Waals surface area contributed by atoms with Gasteiger partial charge in [0.15, 0.2) is 6.61 Å². The fraction of sp³-hybridized carbons (Fsp3) is 0.364. The number of hydrogen-bond donors (Lipinski definition) is 1. The lowest BCUT2D eigenvalue weighted by Crippen LogP contribution is -2.38. The molecule has 3 rings (SSSR count). The second-order valence-corrected chi connectivity index (χ2v) is 7.43. The highest BCUT2D eigenvalue weighted by molar-refractivity contribution is 6.32. The molecule has 2 aromatic carbocycles. The summed E-state index contributed by atoms with van der Waals surface area (Å²) in [7, 11) is 1.84. The molecular weight excluding hydrogens is 376 g/mol. The van der Waals surface area contributed by atoms with Crippen molar-refractivity contribution in [2.45, 2.75) is 38.1 Å². The van der Waals surface area contributed by atoms with Crippen molar-refractivity contribution in [1.29, 1.82) is 0 Å². The topological polar surface area (TPSA) is 58.6 Å². The second kappa shape index (κ2) is 9.60. The van der Waals surface area contributed by atoms with Crippen molar-refractivity contribution >= 4 is 29.1 Å². The number of benzene rings is 2. The van der Waals surface area contributed by atoms with Crippen LogP contribution < -0.4 is 10.1 Å². The number of amides is 2. The Morgan fingerprint density at radius 2 is 1.75 bits per heavy atom. The molecule has 1 fully saturated rings. The van der Waals surface area contributed by atoms with Gasteiger partial charge in [-0.25, -0.2) is 0 Å². The average Bonchev–Trinajstić information content (AvgIpc) is 2.73. The zero-order valence-electron chi connectivity index (χ0n) is 16.0. The van der Waals surface area contributed by atoms with Gasteiger partial charge in [-0.05, 0) is 37.1 Å². The minimum atomic E-state index is -0.347. The fourth-order valence-electron chi connectivity index (χ4n) is 3.49. The predicted molar refractivity (Wildman–Crippen MR) is 111 cm³/mol. The number of anilines is 1. The largest absolute Gasteiger partial charge is 0.482 e. The number of nitrogens with one attached hydrogen (secondary N) is 1. The lowest BCUT2D eigenvalue weighted by atomic mass is 9.94. The van der Waals surface area contributed by atoms with Crippen LogP contribution in [0.15, 0.2) is 48.5 Å². The molecule has 0 atom stereocenters. The van der Waals surface area contributed by atoms with E-state index >= 15 is 0 Å². The summed E-state index contributed by atoms with van der Waals surface area (Å²) >= 11 is 6.04. The number of carbonyl (C=O) groups excluding carboxylic acids is 2. The van der Waals surface area contributed by atoms with Crippen molar-refractivity contribution in [2.75, 3.05) is 19.0 Å². The maximum atomic E-state index is 13.0. The molecule has 0 radical (unpaired) electrons. The molecule has 1 aliphatic rings. The zero-order valence-corrected chi connectivity index (χ0v) is 16.7. The van der Waals surface area contributed by atoms with Crippen molar-refractivity contribution in [1.82, 2.24) is 4.90 Å². The molecular formula is C22H25ClN2O3. The molecule has 0 heterocycles. The first-order valence-electron chi connectivity index (χ1n) is 9.59. The van der Waals surface area contributed by atoms with Crippen LogP contribution in [0.1, 0.15) is 42.5 Å². The Labute approximate surface area is 170 Å². The van der Waals surface area contributed by atoms with Crippen LogP contribution in [0, 0.1) is 0 Å². The minimum absolute atomic E-state index is 0.0742. The van der Waals surface area contributed by atoms with E-state index in [4.69, 9.17) is 16.3 Å². The maximum absolute atomic E-state index is 13.0. The molecule has 1 saturated carbocycles. The molecule has 148 valence electrons. The molecule has 0 aliphatic heterocycles. The minimum Gasteiger partial charge on any atom is -0.482 e. The van der Waals surface area contributed by atoms with Crippen molar-refractivity contribution < 1.29 is 14.3 Å². The van der Waals surface area contributed by atoms with Crippen LogP contribution in [0.25, 0.3) is 0 Å². The van der Waals surface area contributed by atoms with E-state index in [1.165, 1.54) is 6.42 Å². The van der Waals surface area contributed by atoms with Crippen LogP contribution in [-0.2, 0) is 4.79 Å². The number of nitrogens with zero attached hydrogens (tertiary/aromatic N) is 1. The molecule has 0 aromatic heterocycles. The summed E-state index contributed by atoms with van der Waals surface area (Å²) in [5.41, 5.74) is 0.976. The summed E-state index contributed by atoms with van der Waals surface area (Å²) in [6, 6.07) is 14.3. The van der Waals surface area contributed by atoms with Gasteiger partial charge in [-0.1, -0.05) is 55.1 Å². The molecule has 1 aliphatic carbocycles. The number of para-hydroxylation sites is 2. The van der Waals surface area contributed by atoms with Gasteiger partial charge in [0.2, 0.25) is 0 Å². The summed E-state index contributed by atoms with van der Waals surface area (Å²) in [4.78, 5) is 27.1. The van der Waals surface area contributed by atoms with E-state index in [9.17, 15) is 9.59 Å². The van der Waals surface area contributed by atoms with Gasteiger partial charge in [0.05, 0.1) is 16.3 Å². The molecule has 0 saturated heterocycles. The van der Waals surface area contributed by atoms with Gasteiger partial charge >= 0.3 is 0 Å². The van der Waals surface area contributed by atoms with Crippen LogP contribution in [0.4, 0.5) is 5.69 Å². The van der Waals surface area contributed by atoms with E-state index in [1.807, 2.05) is 11.9 Å². The SMILES string of the molecule is CN(C(=O)c1ccccc1NC(=O)COc1ccccc1Cl)C1CCCCC1. The van der Waals surface area contributed by atoms with Crippen molar-refractivity contribution in [3.63, 3.8) is 0 Å². The highest BCUT2D eigenvalue weighted by Crippen LogP contribution is 2.25. The zero-order chi connectivity index (χ0) is 19.9. The average molecular weight is 401 g/mol. The maximum Gasteiger partial charge on any atom is 0.262 e. The first-order valence-corrected chi connectivity index (χ1v) is 9.97. The Morgan fingerprint density at radius 3 is 2.50 bits per heavy atom. The molecule has 28 heavy (non-hydrogen) atoms. The van der Waals surface area contributed by atoms with E-state index in [2.05, 4.69) is 5.32 Å². The summed E-state index contributed by atoms with van der Waals surface area (Å²) in [5, 5.41) is 3.23. The van der Waals surface area contributed by atoms with Gasteiger partial charge in [-0.2, -0.15) is 0 Å². The van der Waals surface area contributed by atoms with E-state index in [-0.39, 0.29) is 24.5 Å². The van der Waals surface area contributed by atoms with Gasteiger partial charge in [0.25, 0.3) is 11.8 Å². The van der Waals surface area contributed by atoms with Gasteiger partial charge in [-0.3, -0.25) is 9.59 Å². The lowest BCUT2D eigenvalue weighted by molar-refractivity contribution is -0.118. The van der Waals surface area contributed by atoms with Gasteiger partial charge < -0.3 is 15.0 Å². The lowest BCUT2D eigenvalue weighted by Gasteiger charge is -2.31. The quantitative estimate of drug-likeness (QED) is 0.760. The molecule has 0 bridgehead atoms. The molecule has 5 nitrogen and oxygen atoms in total. The van der Waals surface area contributed by atoms with Crippen LogP contribution in [0.3, 0.4) is 0 Å². The van der Waals surface area contributed by atoms with E-state index < -0.39 is 0 Å². The van der Waals surface area contributed by atoms with Gasteiger partial charge in [0, 0.05) is 13.1 Å². The molecule has 0 unspecified atom stereocenters. The standard InChI is InChI=1S/C22H25ClN2O3/c1-25(16-9-3-2-4-10-16)22(27)17-11-5-7-13-19(17)24-21(26)15-28-20-14-8-6-12-18(20)23/h5-8,11-14,16H,2-4,9-10,15H2,1H3,(H,24,26). The fourth-order valence-corrected chi connectivity index (χ4v) is 3.68. The third kappa shape index (κ3) is 5.04. The third-order valence-electron chi connectivity index (χ3n) is 5.07. The number of rotatable bonds is 6. The van der Waals surface area contributed by atoms with Crippen LogP contribution in [-0.4, -0.2) is 36.4 Å². The monoisotopic (exact) mass is 400 g/mol. The summed E-state index contributed by atoms with van der Waals surface area (Å²) in [6.07, 6.45) is 5.60. The molecule has 2 amide bonds. The summed E-state index contributed by atoms with van der Waals surface area (Å²) < 4.78 is 5.47. The highest BCUT2D eigenvalue weighted by atomic mass is 35.5. The number of halogens is 1. The van der Waals surface area contributed by atoms with Gasteiger partial charge in [0.1, 0.15) is 5.75 Å². The van der Waals surface area contributed by atoms with E-state index in [0.29, 0.717) is 22.0 Å². The first-order chi connectivity index (χ1) is 13.6. The number of carbonyl (C=O) groups is 2. The molecule has 0 spiro atoms. The third-order valence-corrected chi connectivity index (χ3v) is 5.38. The normalized spacial score (nSPS) is 14.4. The number of ether oxygens (including phenoxy) is 1. The van der Waals surface area contributed by atoms with Gasteiger partial charge in [-0.15, -0.1) is 0 Å². The van der Waals surface area contributed by atoms with Crippen LogP contribution in [0.2, 0.25) is 5.02 Å². The van der Waals surface area contributed by atoms with Crippen molar-refractivity contribution in [3.8, 4) is 5.75 Å². The smallest absolute Gasteiger partial charge is 0.262 e. The van der Waals surface area contributed by atoms with Crippen LogP contribution >= 0.6 is 11.6 Å². The highest BCUT2D eigenvalue weighted by Gasteiger charge is 2.24. The summed E-state index contributed by atoms with van der Waals surface area (Å²) in [6.45, 7) is -0.190. The van der Waals surface area contributed by atoms with Crippen molar-refractivity contribution in [3.05, 3.63) is 59.1 Å². The van der Waals surface area contributed by atoms with Crippen molar-refractivity contribution in [2.24, 2.45) is 0 Å². The Hall–Kier alpha value is -2.53. The molecule has 6 heteroatoms. The van der Waals surface area contributed by atoms with E-state index in [0.717, 1.165) is 25.7 Å². The summed E-state index contributed by atoms with van der Waals surface area (Å²) in [5.74, 6) is 0.0241. The Kier molecular flexibility index (Phi) is 6.93. The Bertz CT molecular complexity index is 834. The molecule has 1 N–H and O–H groups in total. The molecule has 2 aromatic rings. The first kappa shape index (κ1) is 20.2.